The lowest BCUT2D eigenvalue weighted by atomic mass is 10.0. The van der Waals surface area contributed by atoms with Gasteiger partial charge < -0.3 is 9.84 Å². The van der Waals surface area contributed by atoms with E-state index in [1.54, 1.807) is 13.8 Å². The van der Waals surface area contributed by atoms with Crippen molar-refractivity contribution in [2.24, 2.45) is 5.92 Å². The summed E-state index contributed by atoms with van der Waals surface area (Å²) in [5.41, 5.74) is -5.49. The van der Waals surface area contributed by atoms with Crippen LogP contribution >= 0.6 is 0 Å². The van der Waals surface area contributed by atoms with Gasteiger partial charge in [-0.25, -0.2) is 4.79 Å². The maximum absolute atomic E-state index is 12.2. The summed E-state index contributed by atoms with van der Waals surface area (Å²) in [4.78, 5) is 10.8. The van der Waals surface area contributed by atoms with E-state index in [1.165, 1.54) is 0 Å². The Morgan fingerprint density at radius 1 is 1.11 bits per heavy atom. The molecule has 0 aromatic carbocycles. The second kappa shape index (κ2) is 5.33. The van der Waals surface area contributed by atoms with Gasteiger partial charge in [0, 0.05) is 0 Å². The minimum absolute atomic E-state index is 0.0809. The molecule has 0 bridgehead atoms. The minimum Gasteiger partial charge on any atom is -0.463 e. The Balaban J connectivity index is 4.97. The van der Waals surface area contributed by atoms with Crippen LogP contribution in [0.25, 0.3) is 0 Å². The van der Waals surface area contributed by atoms with Crippen molar-refractivity contribution >= 4 is 5.97 Å². The molecule has 0 aliphatic carbocycles. The maximum atomic E-state index is 12.2. The van der Waals surface area contributed by atoms with Crippen molar-refractivity contribution in [1.82, 2.24) is 0 Å². The summed E-state index contributed by atoms with van der Waals surface area (Å²) >= 11 is 0. The number of alkyl halides is 6. The summed E-state index contributed by atoms with van der Waals surface area (Å²) in [6.45, 7) is 2.63. The molecule has 3 nitrogen and oxygen atoms in total. The van der Waals surface area contributed by atoms with Gasteiger partial charge in [-0.2, -0.15) is 26.3 Å². The number of esters is 1. The zero-order valence-corrected chi connectivity index (χ0v) is 9.52. The monoisotopic (exact) mass is 282 g/mol. The summed E-state index contributed by atoms with van der Waals surface area (Å²) in [5, 5.41) is 8.59. The maximum Gasteiger partial charge on any atom is 0.437 e. The molecule has 0 amide bonds. The Bertz CT molecular complexity index is 280. The van der Waals surface area contributed by atoms with Crippen LogP contribution in [-0.4, -0.2) is 35.6 Å². The predicted molar refractivity (Wildman–Crippen MR) is 47.5 cm³/mol. The number of hydrogen-bond acceptors (Lipinski definition) is 3. The normalized spacial score (nSPS) is 13.9. The van der Waals surface area contributed by atoms with Crippen molar-refractivity contribution in [1.29, 1.82) is 0 Å². The molecule has 0 aromatic heterocycles. The number of carbonyl (C=O) groups is 1. The van der Waals surface area contributed by atoms with Crippen molar-refractivity contribution in [3.63, 3.8) is 0 Å². The van der Waals surface area contributed by atoms with Crippen LogP contribution < -0.4 is 0 Å². The van der Waals surface area contributed by atoms with Crippen molar-refractivity contribution in [3.8, 4) is 0 Å². The molecule has 0 unspecified atom stereocenters. The highest BCUT2D eigenvalue weighted by atomic mass is 19.4. The SMILES string of the molecule is CC(C)CCOC(=O)C(O)(C(F)(F)F)C(F)(F)F. The van der Waals surface area contributed by atoms with E-state index in [0.717, 1.165) is 0 Å². The Hall–Kier alpha value is -0.990. The molecule has 0 saturated heterocycles. The summed E-state index contributed by atoms with van der Waals surface area (Å²) < 4.78 is 76.8. The zero-order valence-electron chi connectivity index (χ0n) is 9.52. The van der Waals surface area contributed by atoms with Gasteiger partial charge in [0.15, 0.2) is 0 Å². The highest BCUT2D eigenvalue weighted by Gasteiger charge is 2.76. The topological polar surface area (TPSA) is 46.5 Å². The van der Waals surface area contributed by atoms with Gasteiger partial charge in [0.2, 0.25) is 0 Å². The third-order valence-electron chi connectivity index (χ3n) is 2.04. The Kier molecular flexibility index (Phi) is 5.04. The molecule has 0 fully saturated rings. The molecule has 18 heavy (non-hydrogen) atoms. The summed E-state index contributed by atoms with van der Waals surface area (Å²) in [6.07, 6.45) is -12.3. The average Bonchev–Trinajstić information content (AvgIpc) is 2.11. The largest absolute Gasteiger partial charge is 0.463 e. The van der Waals surface area contributed by atoms with E-state index in [2.05, 4.69) is 4.74 Å². The van der Waals surface area contributed by atoms with Gasteiger partial charge in [-0.05, 0) is 12.3 Å². The smallest absolute Gasteiger partial charge is 0.437 e. The van der Waals surface area contributed by atoms with Crippen molar-refractivity contribution < 1.29 is 41.0 Å². The fourth-order valence-corrected chi connectivity index (χ4v) is 0.884. The van der Waals surface area contributed by atoms with Crippen molar-refractivity contribution in [2.75, 3.05) is 6.61 Å². The quantitative estimate of drug-likeness (QED) is 0.636. The van der Waals surface area contributed by atoms with Crippen LogP contribution in [0.1, 0.15) is 20.3 Å². The summed E-state index contributed by atoms with van der Waals surface area (Å²) in [7, 11) is 0. The van der Waals surface area contributed by atoms with E-state index in [0.29, 0.717) is 0 Å². The van der Waals surface area contributed by atoms with E-state index in [4.69, 9.17) is 5.11 Å². The van der Waals surface area contributed by atoms with Gasteiger partial charge in [0.05, 0.1) is 6.61 Å². The molecule has 0 radical (unpaired) electrons. The van der Waals surface area contributed by atoms with Gasteiger partial charge in [-0.3, -0.25) is 0 Å². The number of hydrogen-bond donors (Lipinski definition) is 1. The minimum atomic E-state index is -6.19. The van der Waals surface area contributed by atoms with Crippen LogP contribution in [0.5, 0.6) is 0 Å². The number of ether oxygens (including phenoxy) is 1. The standard InChI is InChI=1S/C9H12F6O3/c1-5(2)3-4-18-6(16)7(17,8(10,11)12)9(13,14)15/h5,17H,3-4H2,1-2H3. The second-order valence-electron chi connectivity index (χ2n) is 4.02. The van der Waals surface area contributed by atoms with Gasteiger partial charge >= 0.3 is 23.9 Å². The van der Waals surface area contributed by atoms with Crippen LogP contribution in [0.4, 0.5) is 26.3 Å². The Labute approximate surface area is 98.7 Å². The molecular weight excluding hydrogens is 270 g/mol. The lowest BCUT2D eigenvalue weighted by Gasteiger charge is -2.29. The van der Waals surface area contributed by atoms with Crippen LogP contribution in [0, 0.1) is 5.92 Å². The molecule has 0 heterocycles. The fourth-order valence-electron chi connectivity index (χ4n) is 0.884. The fraction of sp³-hybridized carbons (Fsp3) is 0.889. The third-order valence-corrected chi connectivity index (χ3v) is 2.04. The van der Waals surface area contributed by atoms with Gasteiger partial charge in [-0.1, -0.05) is 13.8 Å². The molecular formula is C9H12F6O3. The van der Waals surface area contributed by atoms with Gasteiger partial charge in [-0.15, -0.1) is 0 Å². The molecule has 108 valence electrons. The number of rotatable bonds is 4. The van der Waals surface area contributed by atoms with Crippen LogP contribution in [0.15, 0.2) is 0 Å². The molecule has 0 aromatic rings. The highest BCUT2D eigenvalue weighted by Crippen LogP contribution is 2.43. The molecule has 0 spiro atoms. The molecule has 1 N–H and O–H groups in total. The average molecular weight is 282 g/mol. The predicted octanol–water partition coefficient (Wildman–Crippen LogP) is 2.43. The zero-order chi connectivity index (χ0) is 14.8. The summed E-state index contributed by atoms with van der Waals surface area (Å²) in [5.74, 6) is -2.84. The van der Waals surface area contributed by atoms with E-state index >= 15 is 0 Å². The lowest BCUT2D eigenvalue weighted by molar-refractivity contribution is -0.357. The van der Waals surface area contributed by atoms with E-state index in [9.17, 15) is 31.1 Å². The van der Waals surface area contributed by atoms with Crippen LogP contribution in [-0.2, 0) is 9.53 Å². The molecule has 0 rings (SSSR count). The summed E-state index contributed by atoms with van der Waals surface area (Å²) in [6, 6.07) is 0. The van der Waals surface area contributed by atoms with Crippen molar-refractivity contribution in [3.05, 3.63) is 0 Å². The third kappa shape index (κ3) is 3.50. The van der Waals surface area contributed by atoms with E-state index in [-0.39, 0.29) is 12.3 Å². The Morgan fingerprint density at radius 3 is 1.78 bits per heavy atom. The van der Waals surface area contributed by atoms with E-state index in [1.807, 2.05) is 0 Å². The van der Waals surface area contributed by atoms with Crippen molar-refractivity contribution in [2.45, 2.75) is 38.2 Å². The lowest BCUT2D eigenvalue weighted by Crippen LogP contribution is -2.63. The molecule has 9 heteroatoms. The molecule has 0 aliphatic heterocycles. The number of aliphatic hydroxyl groups is 1. The first-order valence-electron chi connectivity index (χ1n) is 4.87. The number of carbonyl (C=O) groups excluding carboxylic acids is 1. The van der Waals surface area contributed by atoms with Gasteiger partial charge in [0.25, 0.3) is 0 Å². The van der Waals surface area contributed by atoms with E-state index < -0.39 is 30.5 Å². The molecule has 0 aliphatic rings. The first-order valence-corrected chi connectivity index (χ1v) is 4.87. The number of halogens is 6. The Morgan fingerprint density at radius 2 is 1.50 bits per heavy atom. The molecule has 0 atom stereocenters. The molecule has 0 saturated carbocycles. The van der Waals surface area contributed by atoms with Crippen LogP contribution in [0.3, 0.4) is 0 Å². The first kappa shape index (κ1) is 17.0. The first-order chi connectivity index (χ1) is 7.84. The van der Waals surface area contributed by atoms with Crippen LogP contribution in [0.2, 0.25) is 0 Å². The second-order valence-corrected chi connectivity index (χ2v) is 4.02. The van der Waals surface area contributed by atoms with Gasteiger partial charge in [0.1, 0.15) is 0 Å². The highest BCUT2D eigenvalue weighted by molar-refractivity contribution is 5.81.